The number of amides is 1. The number of aliphatic imine (C=N–C) groups is 1. The van der Waals surface area contributed by atoms with Gasteiger partial charge >= 0.3 is 5.97 Å². The van der Waals surface area contributed by atoms with Gasteiger partial charge in [-0.1, -0.05) is 59.3 Å². The highest BCUT2D eigenvalue weighted by Crippen LogP contribution is 2.42. The molecule has 7 nitrogen and oxygen atoms in total. The number of nitrogens with zero attached hydrogens (tertiary/aromatic N) is 1. The second kappa shape index (κ2) is 12.8. The molecular formula is C30H25ClFNO6S. The van der Waals surface area contributed by atoms with Gasteiger partial charge in [-0.3, -0.25) is 4.79 Å². The number of ether oxygens (including phenoxy) is 3. The second-order valence-corrected chi connectivity index (χ2v) is 9.99. The molecule has 1 N–H and O–H groups in total. The summed E-state index contributed by atoms with van der Waals surface area (Å²) in [5.41, 5.74) is 1.96. The molecule has 1 aliphatic rings. The third-order valence-electron chi connectivity index (χ3n) is 5.75. The Kier molecular flexibility index (Phi) is 9.29. The highest BCUT2D eigenvalue weighted by Gasteiger charge is 2.34. The van der Waals surface area contributed by atoms with Gasteiger partial charge in [0.1, 0.15) is 28.8 Å². The van der Waals surface area contributed by atoms with Crippen molar-refractivity contribution in [3.8, 4) is 11.5 Å². The fourth-order valence-corrected chi connectivity index (χ4v) is 5.01. The molecule has 206 valence electrons. The second-order valence-electron chi connectivity index (χ2n) is 8.56. The molecule has 0 saturated heterocycles. The fraction of sp³-hybridized carbons (Fsp3) is 0.167. The van der Waals surface area contributed by atoms with Gasteiger partial charge in [0.25, 0.3) is 5.91 Å². The Morgan fingerprint density at radius 3 is 2.52 bits per heavy atom. The van der Waals surface area contributed by atoms with Crippen LogP contribution in [0.15, 0.2) is 81.9 Å². The summed E-state index contributed by atoms with van der Waals surface area (Å²) in [6.07, 6.45) is 1.56. The first-order chi connectivity index (χ1) is 19.2. The van der Waals surface area contributed by atoms with Gasteiger partial charge in [-0.2, -0.15) is 0 Å². The van der Waals surface area contributed by atoms with Crippen LogP contribution in [0.1, 0.15) is 34.0 Å². The number of methoxy groups -OCH3 is 1. The van der Waals surface area contributed by atoms with Crippen LogP contribution in [-0.2, 0) is 16.1 Å². The van der Waals surface area contributed by atoms with Crippen molar-refractivity contribution in [1.29, 1.82) is 0 Å². The van der Waals surface area contributed by atoms with Crippen LogP contribution >= 0.6 is 23.4 Å². The maximum atomic E-state index is 14.0. The number of carbonyl (C=O) groups excluding carboxylic acids is 2. The zero-order valence-electron chi connectivity index (χ0n) is 21.9. The topological polar surface area (TPSA) is 94.4 Å². The van der Waals surface area contributed by atoms with Gasteiger partial charge in [-0.25, -0.2) is 14.2 Å². The van der Waals surface area contributed by atoms with Crippen LogP contribution < -0.4 is 9.47 Å². The van der Waals surface area contributed by atoms with Crippen LogP contribution in [0.3, 0.4) is 0 Å². The Morgan fingerprint density at radius 2 is 1.85 bits per heavy atom. The highest BCUT2D eigenvalue weighted by molar-refractivity contribution is 8.18. The number of aliphatic hydroxyl groups is 1. The largest absolute Gasteiger partial charge is 0.506 e. The first-order valence-corrected chi connectivity index (χ1v) is 13.3. The van der Waals surface area contributed by atoms with E-state index >= 15 is 0 Å². The van der Waals surface area contributed by atoms with Gasteiger partial charge < -0.3 is 19.3 Å². The van der Waals surface area contributed by atoms with Crippen molar-refractivity contribution >= 4 is 46.4 Å². The number of halogens is 2. The summed E-state index contributed by atoms with van der Waals surface area (Å²) in [5, 5.41) is 11.2. The van der Waals surface area contributed by atoms with Crippen LogP contribution in [-0.4, -0.2) is 35.7 Å². The Morgan fingerprint density at radius 1 is 1.12 bits per heavy atom. The van der Waals surface area contributed by atoms with Crippen LogP contribution in [0.25, 0.3) is 6.08 Å². The third-order valence-corrected chi connectivity index (χ3v) is 7.05. The molecule has 1 heterocycles. The Labute approximate surface area is 239 Å². The van der Waals surface area contributed by atoms with Crippen LogP contribution in [0.4, 0.5) is 4.39 Å². The first-order valence-electron chi connectivity index (χ1n) is 12.2. The van der Waals surface area contributed by atoms with E-state index in [0.29, 0.717) is 16.7 Å². The van der Waals surface area contributed by atoms with Crippen molar-refractivity contribution in [1.82, 2.24) is 0 Å². The molecule has 0 saturated carbocycles. The molecular weight excluding hydrogens is 557 g/mol. The Bertz CT molecular complexity index is 1550. The van der Waals surface area contributed by atoms with Crippen molar-refractivity contribution < 1.29 is 33.3 Å². The number of esters is 1. The molecule has 3 aromatic rings. The maximum absolute atomic E-state index is 14.0. The molecule has 3 aromatic carbocycles. The molecule has 1 aliphatic heterocycles. The van der Waals surface area contributed by atoms with Gasteiger partial charge in [0.05, 0.1) is 23.6 Å². The first kappa shape index (κ1) is 28.9. The van der Waals surface area contributed by atoms with Crippen molar-refractivity contribution in [3.05, 3.63) is 110 Å². The quantitative estimate of drug-likeness (QED) is 0.284. The molecule has 0 unspecified atom stereocenters. The van der Waals surface area contributed by atoms with Gasteiger partial charge in [-0.15, -0.1) is 0 Å². The van der Waals surface area contributed by atoms with Gasteiger partial charge in [0, 0.05) is 11.1 Å². The van der Waals surface area contributed by atoms with Gasteiger partial charge in [0.15, 0.2) is 11.5 Å². The number of carbonyl (C=O) groups is 2. The van der Waals surface area contributed by atoms with Gasteiger partial charge in [0.2, 0.25) is 0 Å². The summed E-state index contributed by atoms with van der Waals surface area (Å²) in [7, 11) is 1.43. The molecule has 0 aromatic heterocycles. The Balaban J connectivity index is 1.66. The maximum Gasteiger partial charge on any atom is 0.344 e. The van der Waals surface area contributed by atoms with Crippen LogP contribution in [0.5, 0.6) is 11.5 Å². The molecule has 0 fully saturated rings. The molecule has 0 radical (unpaired) electrons. The lowest BCUT2D eigenvalue weighted by molar-refractivity contribution is -0.138. The minimum atomic E-state index is -0.807. The van der Waals surface area contributed by atoms with E-state index in [1.54, 1.807) is 67.6 Å². The lowest BCUT2D eigenvalue weighted by Crippen LogP contribution is -2.14. The highest BCUT2D eigenvalue weighted by atomic mass is 35.5. The number of hydrogen-bond donors (Lipinski definition) is 1. The van der Waals surface area contributed by atoms with E-state index in [4.69, 9.17) is 25.8 Å². The summed E-state index contributed by atoms with van der Waals surface area (Å²) < 4.78 is 30.3. The smallest absolute Gasteiger partial charge is 0.344 e. The summed E-state index contributed by atoms with van der Waals surface area (Å²) in [4.78, 5) is 29.8. The molecule has 10 heteroatoms. The van der Waals surface area contributed by atoms with Crippen LogP contribution in [0.2, 0.25) is 5.02 Å². The monoisotopic (exact) mass is 581 g/mol. The van der Waals surface area contributed by atoms with Crippen molar-refractivity contribution in [2.24, 2.45) is 4.99 Å². The number of rotatable bonds is 8. The van der Waals surface area contributed by atoms with E-state index in [0.717, 1.165) is 17.3 Å². The van der Waals surface area contributed by atoms with E-state index < -0.39 is 17.7 Å². The van der Waals surface area contributed by atoms with E-state index in [2.05, 4.69) is 4.99 Å². The lowest BCUT2D eigenvalue weighted by Gasteiger charge is -2.14. The van der Waals surface area contributed by atoms with Crippen molar-refractivity contribution in [2.45, 2.75) is 20.5 Å². The summed E-state index contributed by atoms with van der Waals surface area (Å²) in [5.74, 6) is -1.68. The number of hydrogen-bond acceptors (Lipinski definition) is 7. The number of aliphatic hydroxyl groups excluding tert-OH is 1. The Hall–Kier alpha value is -4.08. The fourth-order valence-electron chi connectivity index (χ4n) is 3.72. The van der Waals surface area contributed by atoms with Crippen molar-refractivity contribution in [2.75, 3.05) is 13.7 Å². The molecule has 4 rings (SSSR count). The summed E-state index contributed by atoms with van der Waals surface area (Å²) in [6.45, 7) is 3.53. The number of aryl methyl sites for hydroxylation is 1. The normalized spacial score (nSPS) is 15.0. The zero-order valence-corrected chi connectivity index (χ0v) is 23.4. The molecule has 0 spiro atoms. The summed E-state index contributed by atoms with van der Waals surface area (Å²) in [6, 6.07) is 16.2. The zero-order chi connectivity index (χ0) is 28.8. The van der Waals surface area contributed by atoms with Crippen LogP contribution in [0, 0.1) is 12.7 Å². The van der Waals surface area contributed by atoms with E-state index in [1.165, 1.54) is 13.2 Å². The minimum Gasteiger partial charge on any atom is -0.506 e. The molecule has 0 atom stereocenters. The molecule has 40 heavy (non-hydrogen) atoms. The molecule has 1 amide bonds. The van der Waals surface area contributed by atoms with Gasteiger partial charge in [-0.05, 0) is 55.8 Å². The van der Waals surface area contributed by atoms with E-state index in [9.17, 15) is 19.1 Å². The van der Waals surface area contributed by atoms with E-state index in [-0.39, 0.29) is 51.0 Å². The predicted octanol–water partition coefficient (Wildman–Crippen LogP) is 7.08. The standard InChI is InChI=1S/C30H25ClFNO6S/c1-4-38-30(36)25-26(34)24(40-29(25)33-28(35)19-11-9-17(2)10-12-19)15-18-13-21(31)27(23(14-18)37-3)39-16-20-7-5-6-8-22(20)32/h5-15,34H,4,16H2,1-3H3/b24-15-,33-29?. The SMILES string of the molecule is CCOC(=O)C1=C(O)/C(=C/c2cc(Cl)c(OCc3ccccc3F)c(OC)c2)SC1=NC(=O)c1ccc(C)cc1. The minimum absolute atomic E-state index is 0.00989. The number of benzene rings is 3. The molecule has 0 bridgehead atoms. The molecule has 0 aliphatic carbocycles. The predicted molar refractivity (Wildman–Crippen MR) is 154 cm³/mol. The third kappa shape index (κ3) is 6.55. The number of thioether (sulfide) groups is 1. The average Bonchev–Trinajstić information content (AvgIpc) is 3.23. The average molecular weight is 582 g/mol. The van der Waals surface area contributed by atoms with Crippen molar-refractivity contribution in [3.63, 3.8) is 0 Å². The summed E-state index contributed by atoms with van der Waals surface area (Å²) >= 11 is 7.43. The van der Waals surface area contributed by atoms with E-state index in [1.807, 2.05) is 6.92 Å². The lowest BCUT2D eigenvalue weighted by atomic mass is 10.1.